The summed E-state index contributed by atoms with van der Waals surface area (Å²) in [6.45, 7) is 5.12. The zero-order chi connectivity index (χ0) is 12.5. The number of aliphatic hydroxyl groups is 1. The molecule has 0 unspecified atom stereocenters. The maximum atomic E-state index is 9.27. The van der Waals surface area contributed by atoms with Crippen molar-refractivity contribution in [2.75, 3.05) is 24.2 Å². The second-order valence-electron chi connectivity index (χ2n) is 5.19. The molecule has 0 aromatic carbocycles. The van der Waals surface area contributed by atoms with Gasteiger partial charge in [-0.3, -0.25) is 0 Å². The highest BCUT2D eigenvalue weighted by Gasteiger charge is 2.41. The number of aromatic nitrogens is 2. The van der Waals surface area contributed by atoms with E-state index >= 15 is 0 Å². The van der Waals surface area contributed by atoms with E-state index in [1.54, 1.807) is 0 Å². The fourth-order valence-electron chi connectivity index (χ4n) is 1.96. The maximum Gasteiger partial charge on any atom is 0.135 e. The van der Waals surface area contributed by atoms with E-state index in [1.165, 1.54) is 6.33 Å². The number of nitrogens with two attached hydrogens (primary N) is 1. The third-order valence-corrected chi connectivity index (χ3v) is 3.42. The number of hydrogen-bond acceptors (Lipinski definition) is 5. The van der Waals surface area contributed by atoms with Crippen LogP contribution in [0.25, 0.3) is 0 Å². The fourth-order valence-corrected chi connectivity index (χ4v) is 1.96. The van der Waals surface area contributed by atoms with E-state index in [-0.39, 0.29) is 17.9 Å². The molecule has 0 spiro atoms. The van der Waals surface area contributed by atoms with Crippen molar-refractivity contribution in [3.05, 3.63) is 11.9 Å². The first-order chi connectivity index (χ1) is 8.08. The van der Waals surface area contributed by atoms with Crippen LogP contribution in [0.1, 0.15) is 38.2 Å². The van der Waals surface area contributed by atoms with E-state index < -0.39 is 0 Å². The van der Waals surface area contributed by atoms with Crippen LogP contribution in [0.4, 0.5) is 11.6 Å². The van der Waals surface area contributed by atoms with Crippen molar-refractivity contribution in [2.45, 2.75) is 32.6 Å². The molecule has 0 radical (unpaired) electrons. The highest BCUT2D eigenvalue weighted by atomic mass is 16.3. The fraction of sp³-hybridized carbons (Fsp3) is 0.667. The number of nitrogens with one attached hydrogen (secondary N) is 1. The van der Waals surface area contributed by atoms with E-state index in [9.17, 15) is 5.11 Å². The molecule has 0 aliphatic heterocycles. The molecule has 1 aliphatic rings. The minimum absolute atomic E-state index is 0.0635. The van der Waals surface area contributed by atoms with Crippen molar-refractivity contribution in [1.82, 2.24) is 9.97 Å². The average Bonchev–Trinajstić information content (AvgIpc) is 3.06. The van der Waals surface area contributed by atoms with E-state index in [4.69, 9.17) is 5.73 Å². The molecule has 94 valence electrons. The summed E-state index contributed by atoms with van der Waals surface area (Å²) in [5, 5.41) is 12.6. The number of nitrogen functional groups attached to an aromatic ring is 1. The molecular weight excluding hydrogens is 216 g/mol. The van der Waals surface area contributed by atoms with Gasteiger partial charge in [-0.2, -0.15) is 0 Å². The second-order valence-corrected chi connectivity index (χ2v) is 5.19. The van der Waals surface area contributed by atoms with Crippen molar-refractivity contribution < 1.29 is 5.11 Å². The molecular formula is C12H20N4O. The Labute approximate surface area is 101 Å². The number of nitrogens with zero attached hydrogens (tertiary/aromatic N) is 2. The summed E-state index contributed by atoms with van der Waals surface area (Å²) in [6.07, 6.45) is 3.63. The van der Waals surface area contributed by atoms with Gasteiger partial charge in [-0.05, 0) is 18.8 Å². The Bertz CT molecular complexity index is 401. The summed E-state index contributed by atoms with van der Waals surface area (Å²) < 4.78 is 0. The average molecular weight is 236 g/mol. The van der Waals surface area contributed by atoms with Crippen LogP contribution in [-0.4, -0.2) is 28.2 Å². The monoisotopic (exact) mass is 236 g/mol. The zero-order valence-electron chi connectivity index (χ0n) is 10.4. The summed E-state index contributed by atoms with van der Waals surface area (Å²) >= 11 is 0. The van der Waals surface area contributed by atoms with Gasteiger partial charge >= 0.3 is 0 Å². The van der Waals surface area contributed by atoms with Gasteiger partial charge in [0.15, 0.2) is 0 Å². The highest BCUT2D eigenvalue weighted by molar-refractivity contribution is 5.56. The Balaban J connectivity index is 2.12. The predicted molar refractivity (Wildman–Crippen MR) is 67.8 cm³/mol. The van der Waals surface area contributed by atoms with E-state index in [1.807, 2.05) is 0 Å². The smallest absolute Gasteiger partial charge is 0.135 e. The van der Waals surface area contributed by atoms with Gasteiger partial charge in [0.05, 0.1) is 6.61 Å². The van der Waals surface area contributed by atoms with Crippen molar-refractivity contribution in [3.8, 4) is 0 Å². The standard InChI is InChI=1S/C12H20N4O/c1-8(2)9-10(13)15-7-16-11(9)14-5-12(6-17)3-4-12/h7-8,17H,3-6H2,1-2H3,(H3,13,14,15,16). The summed E-state index contributed by atoms with van der Waals surface area (Å²) in [7, 11) is 0. The summed E-state index contributed by atoms with van der Waals surface area (Å²) in [4.78, 5) is 8.26. The van der Waals surface area contributed by atoms with E-state index in [0.717, 1.165) is 30.8 Å². The van der Waals surface area contributed by atoms with Crippen LogP contribution >= 0.6 is 0 Å². The molecule has 5 heteroatoms. The van der Waals surface area contributed by atoms with Crippen molar-refractivity contribution in [2.24, 2.45) is 5.41 Å². The van der Waals surface area contributed by atoms with E-state index in [0.29, 0.717) is 5.82 Å². The molecule has 4 N–H and O–H groups in total. The molecule has 1 aromatic rings. The zero-order valence-corrected chi connectivity index (χ0v) is 10.4. The number of anilines is 2. The van der Waals surface area contributed by atoms with Crippen molar-refractivity contribution in [3.63, 3.8) is 0 Å². The minimum Gasteiger partial charge on any atom is -0.396 e. The molecule has 1 heterocycles. The van der Waals surface area contributed by atoms with E-state index in [2.05, 4.69) is 29.1 Å². The first-order valence-electron chi connectivity index (χ1n) is 6.03. The number of aliphatic hydroxyl groups excluding tert-OH is 1. The molecule has 0 saturated heterocycles. The summed E-state index contributed by atoms with van der Waals surface area (Å²) in [6, 6.07) is 0. The van der Waals surface area contributed by atoms with Gasteiger partial charge in [-0.15, -0.1) is 0 Å². The second kappa shape index (κ2) is 4.49. The molecule has 2 rings (SSSR count). The van der Waals surface area contributed by atoms with Gasteiger partial charge in [-0.25, -0.2) is 9.97 Å². The molecule has 0 atom stereocenters. The Morgan fingerprint density at radius 1 is 1.47 bits per heavy atom. The Morgan fingerprint density at radius 2 is 2.18 bits per heavy atom. The molecule has 1 fully saturated rings. The van der Waals surface area contributed by atoms with Gasteiger partial charge < -0.3 is 16.2 Å². The predicted octanol–water partition coefficient (Wildman–Crippen LogP) is 1.37. The highest BCUT2D eigenvalue weighted by Crippen LogP contribution is 2.45. The molecule has 5 nitrogen and oxygen atoms in total. The molecule has 1 saturated carbocycles. The van der Waals surface area contributed by atoms with Crippen LogP contribution in [0.3, 0.4) is 0 Å². The maximum absolute atomic E-state index is 9.27. The Kier molecular flexibility index (Phi) is 3.19. The summed E-state index contributed by atoms with van der Waals surface area (Å²) in [5.41, 5.74) is 6.89. The molecule has 1 aromatic heterocycles. The van der Waals surface area contributed by atoms with Crippen LogP contribution in [0.15, 0.2) is 6.33 Å². The first kappa shape index (κ1) is 12.1. The number of hydrogen-bond donors (Lipinski definition) is 3. The van der Waals surface area contributed by atoms with Crippen LogP contribution in [-0.2, 0) is 0 Å². The van der Waals surface area contributed by atoms with Gasteiger partial charge in [-0.1, -0.05) is 13.8 Å². The van der Waals surface area contributed by atoms with Gasteiger partial charge in [0.1, 0.15) is 18.0 Å². The van der Waals surface area contributed by atoms with Gasteiger partial charge in [0.2, 0.25) is 0 Å². The first-order valence-corrected chi connectivity index (χ1v) is 6.03. The van der Waals surface area contributed by atoms with Crippen LogP contribution < -0.4 is 11.1 Å². The lowest BCUT2D eigenvalue weighted by Crippen LogP contribution is -2.21. The van der Waals surface area contributed by atoms with Crippen LogP contribution in [0.2, 0.25) is 0 Å². The lowest BCUT2D eigenvalue weighted by Gasteiger charge is -2.18. The topological polar surface area (TPSA) is 84.1 Å². The Hall–Kier alpha value is -1.36. The molecule has 1 aliphatic carbocycles. The minimum atomic E-state index is 0.0635. The van der Waals surface area contributed by atoms with Crippen molar-refractivity contribution >= 4 is 11.6 Å². The Morgan fingerprint density at radius 3 is 2.71 bits per heavy atom. The van der Waals surface area contributed by atoms with Crippen LogP contribution in [0.5, 0.6) is 0 Å². The van der Waals surface area contributed by atoms with Crippen molar-refractivity contribution in [1.29, 1.82) is 0 Å². The van der Waals surface area contributed by atoms with Gasteiger partial charge in [0.25, 0.3) is 0 Å². The lowest BCUT2D eigenvalue weighted by molar-refractivity contribution is 0.219. The molecule has 0 amide bonds. The van der Waals surface area contributed by atoms with Gasteiger partial charge in [0, 0.05) is 17.5 Å². The van der Waals surface area contributed by atoms with Crippen LogP contribution in [0, 0.1) is 5.41 Å². The number of rotatable bonds is 5. The molecule has 0 bridgehead atoms. The third-order valence-electron chi connectivity index (χ3n) is 3.42. The lowest BCUT2D eigenvalue weighted by atomic mass is 10.0. The molecule has 17 heavy (non-hydrogen) atoms. The SMILES string of the molecule is CC(C)c1c(N)ncnc1NCC1(CO)CC1. The third kappa shape index (κ3) is 2.49. The normalized spacial score (nSPS) is 17.2. The quantitative estimate of drug-likeness (QED) is 0.719. The largest absolute Gasteiger partial charge is 0.396 e. The summed E-state index contributed by atoms with van der Waals surface area (Å²) in [5.74, 6) is 1.61.